The van der Waals surface area contributed by atoms with Crippen molar-refractivity contribution in [3.63, 3.8) is 0 Å². The van der Waals surface area contributed by atoms with Crippen LogP contribution >= 0.6 is 23.2 Å². The molecule has 0 aliphatic heterocycles. The smallest absolute Gasteiger partial charge is 0.255 e. The highest BCUT2D eigenvalue weighted by atomic mass is 35.5. The summed E-state index contributed by atoms with van der Waals surface area (Å²) in [5.74, 6) is -0.133. The standard InChI is InChI=1S/C14H27Cl2NO/c1-3-5-7-9-11-17(14(18)13(15)16)12-10-8-6-4-2/h13H,3-12H2,1-2H3. The van der Waals surface area contributed by atoms with Crippen LogP contribution in [0.3, 0.4) is 0 Å². The van der Waals surface area contributed by atoms with Gasteiger partial charge in [-0.15, -0.1) is 0 Å². The predicted octanol–water partition coefficient (Wildman–Crippen LogP) is 4.78. The lowest BCUT2D eigenvalue weighted by Crippen LogP contribution is -2.36. The lowest BCUT2D eigenvalue weighted by Gasteiger charge is -2.23. The average Bonchev–Trinajstić information content (AvgIpc) is 2.36. The van der Waals surface area contributed by atoms with Crippen molar-refractivity contribution in [3.05, 3.63) is 0 Å². The van der Waals surface area contributed by atoms with Gasteiger partial charge in [-0.25, -0.2) is 0 Å². The number of unbranched alkanes of at least 4 members (excludes halogenated alkanes) is 6. The van der Waals surface area contributed by atoms with Gasteiger partial charge in [-0.1, -0.05) is 75.6 Å². The van der Waals surface area contributed by atoms with Crippen molar-refractivity contribution < 1.29 is 4.79 Å². The second kappa shape index (κ2) is 12.1. The maximum Gasteiger partial charge on any atom is 0.255 e. The Morgan fingerprint density at radius 2 is 1.33 bits per heavy atom. The third kappa shape index (κ3) is 9.04. The van der Waals surface area contributed by atoms with Gasteiger partial charge in [-0.2, -0.15) is 0 Å². The Bertz CT molecular complexity index is 198. The molecule has 0 rings (SSSR count). The number of carbonyl (C=O) groups excluding carboxylic acids is 1. The van der Waals surface area contributed by atoms with Crippen LogP contribution in [0.1, 0.15) is 65.2 Å². The van der Waals surface area contributed by atoms with E-state index < -0.39 is 4.84 Å². The summed E-state index contributed by atoms with van der Waals surface area (Å²) >= 11 is 11.4. The van der Waals surface area contributed by atoms with Crippen LogP contribution in [0.5, 0.6) is 0 Å². The fraction of sp³-hybridized carbons (Fsp3) is 0.929. The van der Waals surface area contributed by atoms with Crippen molar-refractivity contribution in [2.75, 3.05) is 13.1 Å². The van der Waals surface area contributed by atoms with E-state index in [1.807, 2.05) is 4.90 Å². The van der Waals surface area contributed by atoms with Crippen LogP contribution in [-0.2, 0) is 4.79 Å². The van der Waals surface area contributed by atoms with Gasteiger partial charge >= 0.3 is 0 Å². The molecule has 0 saturated carbocycles. The second-order valence-corrected chi connectivity index (χ2v) is 5.84. The molecule has 0 bridgehead atoms. The highest BCUT2D eigenvalue weighted by molar-refractivity contribution is 6.53. The highest BCUT2D eigenvalue weighted by Crippen LogP contribution is 2.11. The van der Waals surface area contributed by atoms with E-state index in [-0.39, 0.29) is 5.91 Å². The third-order valence-corrected chi connectivity index (χ3v) is 3.43. The largest absolute Gasteiger partial charge is 0.340 e. The van der Waals surface area contributed by atoms with Crippen LogP contribution < -0.4 is 0 Å². The quantitative estimate of drug-likeness (QED) is 0.397. The van der Waals surface area contributed by atoms with E-state index in [9.17, 15) is 4.79 Å². The van der Waals surface area contributed by atoms with Crippen LogP contribution in [0.4, 0.5) is 0 Å². The fourth-order valence-electron chi connectivity index (χ4n) is 1.93. The Morgan fingerprint density at radius 1 is 0.889 bits per heavy atom. The molecule has 0 N–H and O–H groups in total. The second-order valence-electron chi connectivity index (χ2n) is 4.75. The molecule has 0 aliphatic carbocycles. The van der Waals surface area contributed by atoms with Crippen molar-refractivity contribution >= 4 is 29.1 Å². The molecule has 0 saturated heterocycles. The van der Waals surface area contributed by atoms with Crippen LogP contribution in [0.15, 0.2) is 0 Å². The number of nitrogens with zero attached hydrogens (tertiary/aromatic N) is 1. The summed E-state index contributed by atoms with van der Waals surface area (Å²) in [6.07, 6.45) is 9.30. The summed E-state index contributed by atoms with van der Waals surface area (Å²) in [5.41, 5.74) is 0. The molecule has 0 spiro atoms. The Morgan fingerprint density at radius 3 is 1.67 bits per heavy atom. The molecule has 0 unspecified atom stereocenters. The Kier molecular flexibility index (Phi) is 12.1. The molecule has 0 aromatic heterocycles. The van der Waals surface area contributed by atoms with E-state index >= 15 is 0 Å². The molecule has 2 nitrogen and oxygen atoms in total. The maximum atomic E-state index is 11.8. The number of rotatable bonds is 11. The first-order valence-electron chi connectivity index (χ1n) is 7.20. The SMILES string of the molecule is CCCCCCN(CCCCCC)C(=O)C(Cl)Cl. The monoisotopic (exact) mass is 295 g/mol. The summed E-state index contributed by atoms with van der Waals surface area (Å²) in [5, 5.41) is 0. The summed E-state index contributed by atoms with van der Waals surface area (Å²) in [6.45, 7) is 5.95. The normalized spacial score (nSPS) is 10.9. The van der Waals surface area contributed by atoms with Crippen molar-refractivity contribution in [2.45, 2.75) is 70.1 Å². The minimum atomic E-state index is -0.914. The molecular weight excluding hydrogens is 269 g/mol. The van der Waals surface area contributed by atoms with Gasteiger partial charge in [0.05, 0.1) is 0 Å². The van der Waals surface area contributed by atoms with E-state index in [0.29, 0.717) is 0 Å². The number of amides is 1. The van der Waals surface area contributed by atoms with Crippen LogP contribution in [0, 0.1) is 0 Å². The number of hydrogen-bond donors (Lipinski definition) is 0. The number of hydrogen-bond acceptors (Lipinski definition) is 1. The van der Waals surface area contributed by atoms with E-state index in [2.05, 4.69) is 13.8 Å². The highest BCUT2D eigenvalue weighted by Gasteiger charge is 2.19. The summed E-state index contributed by atoms with van der Waals surface area (Å²) in [7, 11) is 0. The molecule has 0 heterocycles. The van der Waals surface area contributed by atoms with E-state index in [4.69, 9.17) is 23.2 Å². The van der Waals surface area contributed by atoms with Gasteiger partial charge in [-0.3, -0.25) is 4.79 Å². The first-order valence-corrected chi connectivity index (χ1v) is 8.07. The molecule has 0 radical (unpaired) electrons. The van der Waals surface area contributed by atoms with Crippen molar-refractivity contribution in [1.82, 2.24) is 4.90 Å². The van der Waals surface area contributed by atoms with Crippen LogP contribution in [0.25, 0.3) is 0 Å². The minimum absolute atomic E-state index is 0.133. The van der Waals surface area contributed by atoms with Gasteiger partial charge in [0.15, 0.2) is 4.84 Å². The predicted molar refractivity (Wildman–Crippen MR) is 80.4 cm³/mol. The van der Waals surface area contributed by atoms with Crippen LogP contribution in [-0.4, -0.2) is 28.7 Å². The average molecular weight is 296 g/mol. The summed E-state index contributed by atoms with van der Waals surface area (Å²) in [4.78, 5) is 12.7. The molecule has 0 aromatic carbocycles. The van der Waals surface area contributed by atoms with Gasteiger partial charge in [0.2, 0.25) is 0 Å². The van der Waals surface area contributed by atoms with Gasteiger partial charge in [0.1, 0.15) is 0 Å². The zero-order valence-electron chi connectivity index (χ0n) is 11.8. The zero-order valence-corrected chi connectivity index (χ0v) is 13.3. The van der Waals surface area contributed by atoms with Crippen molar-refractivity contribution in [3.8, 4) is 0 Å². The molecular formula is C14H27Cl2NO. The maximum absolute atomic E-state index is 11.8. The Balaban J connectivity index is 3.96. The molecule has 108 valence electrons. The van der Waals surface area contributed by atoms with Crippen molar-refractivity contribution in [2.24, 2.45) is 0 Å². The topological polar surface area (TPSA) is 20.3 Å². The fourth-order valence-corrected chi connectivity index (χ4v) is 2.21. The summed E-state index contributed by atoms with van der Waals surface area (Å²) in [6, 6.07) is 0. The van der Waals surface area contributed by atoms with E-state index in [1.54, 1.807) is 0 Å². The lowest BCUT2D eigenvalue weighted by atomic mass is 10.1. The van der Waals surface area contributed by atoms with E-state index in [1.165, 1.54) is 38.5 Å². The van der Waals surface area contributed by atoms with Gasteiger partial charge in [-0.05, 0) is 12.8 Å². The van der Waals surface area contributed by atoms with Gasteiger partial charge < -0.3 is 4.90 Å². The first-order chi connectivity index (χ1) is 8.63. The summed E-state index contributed by atoms with van der Waals surface area (Å²) < 4.78 is 0. The van der Waals surface area contributed by atoms with Gasteiger partial charge in [0.25, 0.3) is 5.91 Å². The number of halogens is 2. The third-order valence-electron chi connectivity index (χ3n) is 3.06. The Labute approximate surface area is 122 Å². The van der Waals surface area contributed by atoms with Crippen molar-refractivity contribution in [1.29, 1.82) is 0 Å². The number of carbonyl (C=O) groups is 1. The zero-order chi connectivity index (χ0) is 13.8. The van der Waals surface area contributed by atoms with E-state index in [0.717, 1.165) is 25.9 Å². The molecule has 18 heavy (non-hydrogen) atoms. The molecule has 0 fully saturated rings. The lowest BCUT2D eigenvalue weighted by molar-refractivity contribution is -0.129. The molecule has 4 heteroatoms. The van der Waals surface area contributed by atoms with Crippen LogP contribution in [0.2, 0.25) is 0 Å². The Hall–Kier alpha value is 0.0500. The molecule has 1 amide bonds. The molecule has 0 aliphatic rings. The minimum Gasteiger partial charge on any atom is -0.340 e. The van der Waals surface area contributed by atoms with Gasteiger partial charge in [0, 0.05) is 13.1 Å². The molecule has 0 atom stereocenters. The first kappa shape index (κ1) is 18.0. The number of alkyl halides is 2. The molecule has 0 aromatic rings.